The SMILES string of the molecule is CCCn1ccnc1C(NCC)C1CC1C. The highest BCUT2D eigenvalue weighted by molar-refractivity contribution is 5.07. The highest BCUT2D eigenvalue weighted by Gasteiger charge is 2.41. The van der Waals surface area contributed by atoms with E-state index in [1.807, 2.05) is 6.20 Å². The van der Waals surface area contributed by atoms with Crippen molar-refractivity contribution in [1.82, 2.24) is 14.9 Å². The van der Waals surface area contributed by atoms with E-state index in [0.29, 0.717) is 6.04 Å². The first-order chi connectivity index (χ1) is 7.77. The second-order valence-corrected chi connectivity index (χ2v) is 4.89. The summed E-state index contributed by atoms with van der Waals surface area (Å²) in [6, 6.07) is 0.460. The van der Waals surface area contributed by atoms with Crippen molar-refractivity contribution in [3.05, 3.63) is 18.2 Å². The van der Waals surface area contributed by atoms with E-state index in [2.05, 4.69) is 41.8 Å². The van der Waals surface area contributed by atoms with Crippen LogP contribution in [0.15, 0.2) is 12.4 Å². The van der Waals surface area contributed by atoms with Gasteiger partial charge in [0.2, 0.25) is 0 Å². The van der Waals surface area contributed by atoms with Gasteiger partial charge in [0.15, 0.2) is 0 Å². The van der Waals surface area contributed by atoms with E-state index in [1.54, 1.807) is 0 Å². The van der Waals surface area contributed by atoms with Crippen molar-refractivity contribution in [2.75, 3.05) is 6.54 Å². The van der Waals surface area contributed by atoms with E-state index < -0.39 is 0 Å². The lowest BCUT2D eigenvalue weighted by molar-refractivity contribution is 0.431. The average Bonchev–Trinajstić information content (AvgIpc) is 2.80. The van der Waals surface area contributed by atoms with Gasteiger partial charge in [-0.05, 0) is 31.2 Å². The van der Waals surface area contributed by atoms with Crippen LogP contribution in [-0.2, 0) is 6.54 Å². The molecule has 2 rings (SSSR count). The van der Waals surface area contributed by atoms with Crippen molar-refractivity contribution >= 4 is 0 Å². The molecule has 0 spiro atoms. The predicted octanol–water partition coefficient (Wildman–Crippen LogP) is 2.60. The van der Waals surface area contributed by atoms with E-state index in [-0.39, 0.29) is 0 Å². The fourth-order valence-electron chi connectivity index (χ4n) is 2.50. The summed E-state index contributed by atoms with van der Waals surface area (Å²) in [6.45, 7) is 8.83. The lowest BCUT2D eigenvalue weighted by atomic mass is 10.1. The smallest absolute Gasteiger partial charge is 0.126 e. The van der Waals surface area contributed by atoms with Gasteiger partial charge in [-0.2, -0.15) is 0 Å². The summed E-state index contributed by atoms with van der Waals surface area (Å²) >= 11 is 0. The summed E-state index contributed by atoms with van der Waals surface area (Å²) in [7, 11) is 0. The number of hydrogen-bond acceptors (Lipinski definition) is 2. The third-order valence-corrected chi connectivity index (χ3v) is 3.51. The number of aryl methyl sites for hydroxylation is 1. The normalized spacial score (nSPS) is 25.7. The van der Waals surface area contributed by atoms with Gasteiger partial charge in [0.1, 0.15) is 5.82 Å². The Morgan fingerprint density at radius 3 is 2.88 bits per heavy atom. The molecule has 3 heteroatoms. The first-order valence-electron chi connectivity index (χ1n) is 6.52. The minimum absolute atomic E-state index is 0.460. The molecule has 90 valence electrons. The Labute approximate surface area is 98.3 Å². The monoisotopic (exact) mass is 221 g/mol. The molecule has 3 nitrogen and oxygen atoms in total. The van der Waals surface area contributed by atoms with E-state index >= 15 is 0 Å². The van der Waals surface area contributed by atoms with Crippen LogP contribution < -0.4 is 5.32 Å². The maximum absolute atomic E-state index is 4.55. The molecule has 0 bridgehead atoms. The molecule has 1 heterocycles. The minimum atomic E-state index is 0.460. The van der Waals surface area contributed by atoms with Crippen LogP contribution in [0.2, 0.25) is 0 Å². The highest BCUT2D eigenvalue weighted by atomic mass is 15.1. The molecule has 0 amide bonds. The summed E-state index contributed by atoms with van der Waals surface area (Å²) in [5.41, 5.74) is 0. The number of imidazole rings is 1. The molecular weight excluding hydrogens is 198 g/mol. The summed E-state index contributed by atoms with van der Waals surface area (Å²) in [4.78, 5) is 4.55. The average molecular weight is 221 g/mol. The molecule has 1 fully saturated rings. The summed E-state index contributed by atoms with van der Waals surface area (Å²) in [5, 5.41) is 3.59. The molecule has 1 aliphatic rings. The Bertz CT molecular complexity index is 332. The lowest BCUT2D eigenvalue weighted by Crippen LogP contribution is -2.26. The molecule has 0 saturated heterocycles. The van der Waals surface area contributed by atoms with Gasteiger partial charge in [-0.3, -0.25) is 0 Å². The van der Waals surface area contributed by atoms with E-state index in [4.69, 9.17) is 0 Å². The van der Waals surface area contributed by atoms with Gasteiger partial charge in [0.25, 0.3) is 0 Å². The zero-order chi connectivity index (χ0) is 11.5. The lowest BCUT2D eigenvalue weighted by Gasteiger charge is -2.18. The van der Waals surface area contributed by atoms with Crippen LogP contribution in [0.5, 0.6) is 0 Å². The molecule has 1 aromatic rings. The Balaban J connectivity index is 2.14. The Kier molecular flexibility index (Phi) is 3.64. The van der Waals surface area contributed by atoms with E-state index in [1.165, 1.54) is 18.7 Å². The van der Waals surface area contributed by atoms with Crippen molar-refractivity contribution in [2.45, 2.75) is 46.2 Å². The van der Waals surface area contributed by atoms with Gasteiger partial charge in [-0.15, -0.1) is 0 Å². The van der Waals surface area contributed by atoms with Gasteiger partial charge in [0.05, 0.1) is 6.04 Å². The van der Waals surface area contributed by atoms with Crippen LogP contribution in [-0.4, -0.2) is 16.1 Å². The second-order valence-electron chi connectivity index (χ2n) is 4.89. The van der Waals surface area contributed by atoms with E-state index in [0.717, 1.165) is 24.9 Å². The molecule has 1 aliphatic carbocycles. The second kappa shape index (κ2) is 5.00. The zero-order valence-electron chi connectivity index (χ0n) is 10.6. The molecule has 1 saturated carbocycles. The Morgan fingerprint density at radius 1 is 1.56 bits per heavy atom. The number of aromatic nitrogens is 2. The van der Waals surface area contributed by atoms with Gasteiger partial charge in [0, 0.05) is 18.9 Å². The van der Waals surface area contributed by atoms with Crippen LogP contribution in [0.4, 0.5) is 0 Å². The first-order valence-corrected chi connectivity index (χ1v) is 6.52. The minimum Gasteiger partial charge on any atom is -0.334 e. The maximum Gasteiger partial charge on any atom is 0.126 e. The fraction of sp³-hybridized carbons (Fsp3) is 0.769. The van der Waals surface area contributed by atoms with Gasteiger partial charge < -0.3 is 9.88 Å². The van der Waals surface area contributed by atoms with Gasteiger partial charge >= 0.3 is 0 Å². The Morgan fingerprint density at radius 2 is 2.31 bits per heavy atom. The molecule has 16 heavy (non-hydrogen) atoms. The van der Waals surface area contributed by atoms with Crippen molar-refractivity contribution in [2.24, 2.45) is 11.8 Å². The number of nitrogens with one attached hydrogen (secondary N) is 1. The van der Waals surface area contributed by atoms with Crippen LogP contribution in [0.25, 0.3) is 0 Å². The summed E-state index contributed by atoms with van der Waals surface area (Å²) in [5.74, 6) is 2.88. The first kappa shape index (κ1) is 11.6. The number of hydrogen-bond donors (Lipinski definition) is 1. The molecular formula is C13H23N3. The maximum atomic E-state index is 4.55. The molecule has 3 atom stereocenters. The molecule has 3 unspecified atom stereocenters. The molecule has 0 aliphatic heterocycles. The van der Waals surface area contributed by atoms with Crippen LogP contribution in [0.3, 0.4) is 0 Å². The van der Waals surface area contributed by atoms with Crippen LogP contribution in [0.1, 0.15) is 45.5 Å². The largest absolute Gasteiger partial charge is 0.334 e. The van der Waals surface area contributed by atoms with E-state index in [9.17, 15) is 0 Å². The quantitative estimate of drug-likeness (QED) is 0.800. The van der Waals surface area contributed by atoms with Crippen molar-refractivity contribution in [3.63, 3.8) is 0 Å². The number of nitrogens with zero attached hydrogens (tertiary/aromatic N) is 2. The highest BCUT2D eigenvalue weighted by Crippen LogP contribution is 2.46. The zero-order valence-corrected chi connectivity index (χ0v) is 10.6. The third kappa shape index (κ3) is 2.29. The molecule has 0 aromatic carbocycles. The van der Waals surface area contributed by atoms with Crippen molar-refractivity contribution in [1.29, 1.82) is 0 Å². The predicted molar refractivity (Wildman–Crippen MR) is 66.2 cm³/mol. The third-order valence-electron chi connectivity index (χ3n) is 3.51. The number of rotatable bonds is 6. The van der Waals surface area contributed by atoms with Gasteiger partial charge in [-0.25, -0.2) is 4.98 Å². The molecule has 1 N–H and O–H groups in total. The van der Waals surface area contributed by atoms with Crippen LogP contribution in [0, 0.1) is 11.8 Å². The van der Waals surface area contributed by atoms with Crippen molar-refractivity contribution < 1.29 is 0 Å². The topological polar surface area (TPSA) is 29.9 Å². The molecule has 1 aromatic heterocycles. The van der Waals surface area contributed by atoms with Gasteiger partial charge in [-0.1, -0.05) is 20.8 Å². The summed E-state index contributed by atoms with van der Waals surface area (Å²) < 4.78 is 2.30. The molecule has 0 radical (unpaired) electrons. The Hall–Kier alpha value is -0.830. The van der Waals surface area contributed by atoms with Crippen LogP contribution >= 0.6 is 0 Å². The fourth-order valence-corrected chi connectivity index (χ4v) is 2.50. The summed E-state index contributed by atoms with van der Waals surface area (Å²) in [6.07, 6.45) is 6.55. The standard InChI is InChI=1S/C13H23N3/c1-4-7-16-8-6-15-13(16)12(14-5-2)11-9-10(11)3/h6,8,10-12,14H,4-5,7,9H2,1-3H3. The van der Waals surface area contributed by atoms with Crippen molar-refractivity contribution in [3.8, 4) is 0 Å².